The van der Waals surface area contributed by atoms with Crippen molar-refractivity contribution in [3.8, 4) is 0 Å². The minimum atomic E-state index is -0.129. The Morgan fingerprint density at radius 1 is 1.33 bits per heavy atom. The number of halogens is 1. The van der Waals surface area contributed by atoms with Crippen molar-refractivity contribution >= 4 is 0 Å². The molecule has 100 valence electrons. The number of hydrogen-bond acceptors (Lipinski definition) is 1. The van der Waals surface area contributed by atoms with E-state index in [2.05, 4.69) is 12.2 Å². The maximum atomic E-state index is 13.0. The average Bonchev–Trinajstić information content (AvgIpc) is 2.39. The van der Waals surface area contributed by atoms with Gasteiger partial charge in [0.1, 0.15) is 5.82 Å². The Labute approximate surface area is 110 Å². The van der Waals surface area contributed by atoms with Crippen molar-refractivity contribution < 1.29 is 4.39 Å². The molecule has 0 amide bonds. The fourth-order valence-corrected chi connectivity index (χ4v) is 2.96. The van der Waals surface area contributed by atoms with Gasteiger partial charge >= 0.3 is 0 Å². The van der Waals surface area contributed by atoms with Crippen LogP contribution in [0.5, 0.6) is 0 Å². The molecule has 0 spiro atoms. The van der Waals surface area contributed by atoms with Gasteiger partial charge in [0.25, 0.3) is 0 Å². The molecule has 18 heavy (non-hydrogen) atoms. The number of benzene rings is 1. The zero-order valence-electron chi connectivity index (χ0n) is 11.3. The van der Waals surface area contributed by atoms with Crippen molar-refractivity contribution in [2.75, 3.05) is 6.54 Å². The van der Waals surface area contributed by atoms with Gasteiger partial charge in [0, 0.05) is 6.04 Å². The summed E-state index contributed by atoms with van der Waals surface area (Å²) < 4.78 is 13.0. The van der Waals surface area contributed by atoms with Crippen molar-refractivity contribution in [2.45, 2.75) is 51.5 Å². The van der Waals surface area contributed by atoms with Crippen molar-refractivity contribution in [2.24, 2.45) is 5.92 Å². The molecular weight excluding hydrogens is 225 g/mol. The first-order valence-electron chi connectivity index (χ1n) is 7.25. The van der Waals surface area contributed by atoms with Crippen LogP contribution in [0.1, 0.15) is 44.6 Å². The van der Waals surface area contributed by atoms with E-state index in [1.54, 1.807) is 12.1 Å². The summed E-state index contributed by atoms with van der Waals surface area (Å²) >= 11 is 0. The first kappa shape index (κ1) is 13.5. The second-order valence-electron chi connectivity index (χ2n) is 5.47. The van der Waals surface area contributed by atoms with Gasteiger partial charge in [0.15, 0.2) is 0 Å². The molecule has 0 heterocycles. The number of hydrogen-bond donors (Lipinski definition) is 1. The van der Waals surface area contributed by atoms with Crippen LogP contribution >= 0.6 is 0 Å². The van der Waals surface area contributed by atoms with E-state index in [-0.39, 0.29) is 5.82 Å². The summed E-state index contributed by atoms with van der Waals surface area (Å²) in [5.41, 5.74) is 1.09. The highest BCUT2D eigenvalue weighted by atomic mass is 19.1. The fraction of sp³-hybridized carbons (Fsp3) is 0.625. The molecule has 2 heteroatoms. The molecule has 1 nitrogen and oxygen atoms in total. The molecule has 1 aromatic rings. The Balaban J connectivity index is 1.72. The van der Waals surface area contributed by atoms with Gasteiger partial charge in [-0.2, -0.15) is 0 Å². The van der Waals surface area contributed by atoms with Crippen LogP contribution in [0, 0.1) is 11.7 Å². The third-order valence-corrected chi connectivity index (χ3v) is 4.10. The van der Waals surface area contributed by atoms with Crippen LogP contribution in [0.4, 0.5) is 4.39 Å². The van der Waals surface area contributed by atoms with Crippen LogP contribution in [0.3, 0.4) is 0 Å². The van der Waals surface area contributed by atoms with Gasteiger partial charge in [0.05, 0.1) is 0 Å². The minimum Gasteiger partial charge on any atom is -0.314 e. The van der Waals surface area contributed by atoms with E-state index in [4.69, 9.17) is 0 Å². The van der Waals surface area contributed by atoms with Gasteiger partial charge in [-0.3, -0.25) is 0 Å². The minimum absolute atomic E-state index is 0.129. The lowest BCUT2D eigenvalue weighted by molar-refractivity contribution is 0.280. The summed E-state index contributed by atoms with van der Waals surface area (Å²) in [6.07, 6.45) is 7.61. The monoisotopic (exact) mass is 249 g/mol. The highest BCUT2D eigenvalue weighted by molar-refractivity contribution is 5.16. The number of rotatable bonds is 5. The van der Waals surface area contributed by atoms with Gasteiger partial charge in [-0.25, -0.2) is 4.39 Å². The summed E-state index contributed by atoms with van der Waals surface area (Å²) in [5, 5.41) is 3.63. The Morgan fingerprint density at radius 3 is 3.00 bits per heavy atom. The van der Waals surface area contributed by atoms with Crippen LogP contribution in [-0.4, -0.2) is 12.6 Å². The van der Waals surface area contributed by atoms with E-state index >= 15 is 0 Å². The van der Waals surface area contributed by atoms with Crippen molar-refractivity contribution in [3.05, 3.63) is 35.6 Å². The van der Waals surface area contributed by atoms with Crippen LogP contribution in [0.25, 0.3) is 0 Å². The molecule has 1 saturated carbocycles. The molecule has 2 unspecified atom stereocenters. The van der Waals surface area contributed by atoms with E-state index in [1.165, 1.54) is 38.2 Å². The second-order valence-corrected chi connectivity index (χ2v) is 5.47. The quantitative estimate of drug-likeness (QED) is 0.834. The van der Waals surface area contributed by atoms with Crippen LogP contribution in [0.15, 0.2) is 24.3 Å². The van der Waals surface area contributed by atoms with Crippen LogP contribution in [-0.2, 0) is 6.42 Å². The Morgan fingerprint density at radius 2 is 2.22 bits per heavy atom. The molecule has 2 atom stereocenters. The summed E-state index contributed by atoms with van der Waals surface area (Å²) in [7, 11) is 0. The highest BCUT2D eigenvalue weighted by Crippen LogP contribution is 2.26. The topological polar surface area (TPSA) is 12.0 Å². The predicted molar refractivity (Wildman–Crippen MR) is 74.1 cm³/mol. The standard InChI is InChI=1S/C16H24FN/c1-2-13-5-4-8-16(12-13)18-10-9-14-6-3-7-15(17)11-14/h3,6-7,11,13,16,18H,2,4-5,8-10,12H2,1H3. The SMILES string of the molecule is CCC1CCCC(NCCc2cccc(F)c2)C1. The molecule has 2 rings (SSSR count). The molecule has 1 fully saturated rings. The van der Waals surface area contributed by atoms with Crippen LogP contribution < -0.4 is 5.32 Å². The fourth-order valence-electron chi connectivity index (χ4n) is 2.96. The normalized spacial score (nSPS) is 24.1. The summed E-state index contributed by atoms with van der Waals surface area (Å²) in [4.78, 5) is 0. The Hall–Kier alpha value is -0.890. The lowest BCUT2D eigenvalue weighted by atomic mass is 9.84. The lowest BCUT2D eigenvalue weighted by Crippen LogP contribution is -2.35. The third kappa shape index (κ3) is 4.09. The lowest BCUT2D eigenvalue weighted by Gasteiger charge is -2.29. The summed E-state index contributed by atoms with van der Waals surface area (Å²) in [5.74, 6) is 0.779. The van der Waals surface area contributed by atoms with Gasteiger partial charge < -0.3 is 5.32 Å². The van der Waals surface area contributed by atoms with Gasteiger partial charge in [0.2, 0.25) is 0 Å². The maximum Gasteiger partial charge on any atom is 0.123 e. The summed E-state index contributed by atoms with van der Waals surface area (Å²) in [6.45, 7) is 3.25. The highest BCUT2D eigenvalue weighted by Gasteiger charge is 2.19. The van der Waals surface area contributed by atoms with E-state index in [0.29, 0.717) is 6.04 Å². The maximum absolute atomic E-state index is 13.0. The third-order valence-electron chi connectivity index (χ3n) is 4.10. The van der Waals surface area contributed by atoms with E-state index < -0.39 is 0 Å². The van der Waals surface area contributed by atoms with Gasteiger partial charge in [-0.1, -0.05) is 38.3 Å². The smallest absolute Gasteiger partial charge is 0.123 e. The van der Waals surface area contributed by atoms with E-state index in [9.17, 15) is 4.39 Å². The van der Waals surface area contributed by atoms with Crippen molar-refractivity contribution in [1.29, 1.82) is 0 Å². The molecule has 0 aromatic heterocycles. The summed E-state index contributed by atoms with van der Waals surface area (Å²) in [6, 6.07) is 7.61. The molecule has 1 N–H and O–H groups in total. The first-order valence-corrected chi connectivity index (χ1v) is 7.25. The first-order chi connectivity index (χ1) is 8.78. The molecule has 0 saturated heterocycles. The molecule has 1 aliphatic carbocycles. The molecular formula is C16H24FN. The van der Waals surface area contributed by atoms with Crippen molar-refractivity contribution in [1.82, 2.24) is 5.32 Å². The van der Waals surface area contributed by atoms with Crippen molar-refractivity contribution in [3.63, 3.8) is 0 Å². The predicted octanol–water partition coefficient (Wildman–Crippen LogP) is 3.93. The van der Waals surface area contributed by atoms with Gasteiger partial charge in [-0.05, 0) is 49.4 Å². The molecule has 0 aliphatic heterocycles. The largest absolute Gasteiger partial charge is 0.314 e. The average molecular weight is 249 g/mol. The Kier molecular flexibility index (Phi) is 5.18. The van der Waals surface area contributed by atoms with Crippen LogP contribution in [0.2, 0.25) is 0 Å². The molecule has 1 aromatic carbocycles. The Bertz CT molecular complexity index is 364. The number of nitrogens with one attached hydrogen (secondary N) is 1. The van der Waals surface area contributed by atoms with Gasteiger partial charge in [-0.15, -0.1) is 0 Å². The molecule has 0 bridgehead atoms. The molecule has 0 radical (unpaired) electrons. The second kappa shape index (κ2) is 6.89. The zero-order chi connectivity index (χ0) is 12.8. The molecule has 1 aliphatic rings. The van der Waals surface area contributed by atoms with E-state index in [0.717, 1.165) is 24.4 Å². The zero-order valence-corrected chi connectivity index (χ0v) is 11.3. The van der Waals surface area contributed by atoms with E-state index in [1.807, 2.05) is 6.07 Å².